The molecule has 2 heterocycles. The van der Waals surface area contributed by atoms with E-state index in [1.54, 1.807) is 24.3 Å². The van der Waals surface area contributed by atoms with Crippen molar-refractivity contribution in [3.8, 4) is 5.75 Å². The van der Waals surface area contributed by atoms with E-state index in [0.29, 0.717) is 57.6 Å². The van der Waals surface area contributed by atoms with E-state index >= 15 is 0 Å². The molecule has 0 radical (unpaired) electrons. The fourth-order valence-corrected chi connectivity index (χ4v) is 5.61. The number of likely N-dealkylation sites (tertiary alicyclic amines) is 1. The summed E-state index contributed by atoms with van der Waals surface area (Å²) in [5, 5.41) is 3.48. The number of ether oxygens (including phenoxy) is 1. The maximum Gasteiger partial charge on any atom is 0.196 e. The van der Waals surface area contributed by atoms with Crippen LogP contribution in [0.2, 0.25) is 0 Å². The van der Waals surface area contributed by atoms with Crippen LogP contribution in [-0.2, 0) is 0 Å². The van der Waals surface area contributed by atoms with E-state index in [4.69, 9.17) is 9.73 Å². The fraction of sp³-hybridized carbons (Fsp3) is 0.345. The Morgan fingerprint density at radius 3 is 2.63 bits per heavy atom. The zero-order valence-electron chi connectivity index (χ0n) is 20.1. The van der Waals surface area contributed by atoms with Gasteiger partial charge in [-0.25, -0.2) is 4.99 Å². The van der Waals surface area contributed by atoms with Gasteiger partial charge in [0.1, 0.15) is 11.4 Å². The van der Waals surface area contributed by atoms with Gasteiger partial charge in [0.2, 0.25) is 0 Å². The number of carbonyl (C=O) groups is 2. The quantitative estimate of drug-likeness (QED) is 0.721. The highest BCUT2D eigenvalue weighted by Gasteiger charge is 2.43. The van der Waals surface area contributed by atoms with E-state index in [1.807, 2.05) is 31.2 Å². The molecular formula is C29H29N3O3. The molecule has 2 aliphatic carbocycles. The maximum atomic E-state index is 13.7. The summed E-state index contributed by atoms with van der Waals surface area (Å²) in [6, 6.07) is 12.9. The summed E-state index contributed by atoms with van der Waals surface area (Å²) in [6.45, 7) is 8.06. The third-order valence-corrected chi connectivity index (χ3v) is 7.33. The molecule has 2 atom stereocenters. The highest BCUT2D eigenvalue weighted by molar-refractivity contribution is 6.40. The predicted molar refractivity (Wildman–Crippen MR) is 136 cm³/mol. The minimum absolute atomic E-state index is 0.142. The second-order valence-electron chi connectivity index (χ2n) is 10.0. The molecule has 0 amide bonds. The van der Waals surface area contributed by atoms with Gasteiger partial charge < -0.3 is 15.0 Å². The first-order chi connectivity index (χ1) is 17.0. The van der Waals surface area contributed by atoms with Gasteiger partial charge in [-0.15, -0.1) is 0 Å². The molecule has 0 aromatic heterocycles. The Hall–Kier alpha value is -3.51. The van der Waals surface area contributed by atoms with Crippen molar-refractivity contribution in [3.63, 3.8) is 0 Å². The lowest BCUT2D eigenvalue weighted by Crippen LogP contribution is -2.43. The molecule has 0 bridgehead atoms. The highest BCUT2D eigenvalue weighted by Crippen LogP contribution is 2.41. The van der Waals surface area contributed by atoms with Gasteiger partial charge in [-0.1, -0.05) is 37.3 Å². The molecule has 2 aromatic rings. The maximum absolute atomic E-state index is 13.7. The minimum Gasteiger partial charge on any atom is -0.478 e. The van der Waals surface area contributed by atoms with Crippen LogP contribution in [0.5, 0.6) is 5.75 Å². The number of aryl methyl sites for hydroxylation is 1. The normalized spacial score (nSPS) is 23.4. The van der Waals surface area contributed by atoms with Crippen molar-refractivity contribution < 1.29 is 14.3 Å². The molecular weight excluding hydrogens is 438 g/mol. The Labute approximate surface area is 205 Å². The van der Waals surface area contributed by atoms with Gasteiger partial charge in [-0.2, -0.15) is 0 Å². The number of aliphatic imine (C=N–C) groups is 1. The van der Waals surface area contributed by atoms with Crippen LogP contribution in [-0.4, -0.2) is 54.5 Å². The molecule has 1 fully saturated rings. The number of ketones is 2. The number of hydrogen-bond acceptors (Lipinski definition) is 6. The predicted octanol–water partition coefficient (Wildman–Crippen LogP) is 4.42. The number of rotatable bonds is 4. The molecule has 35 heavy (non-hydrogen) atoms. The summed E-state index contributed by atoms with van der Waals surface area (Å²) >= 11 is 0. The van der Waals surface area contributed by atoms with E-state index in [9.17, 15) is 9.59 Å². The molecule has 0 spiro atoms. The number of benzene rings is 2. The number of fused-ring (bicyclic) bond motifs is 4. The summed E-state index contributed by atoms with van der Waals surface area (Å²) in [5.41, 5.74) is 4.57. The van der Waals surface area contributed by atoms with Crippen molar-refractivity contribution in [3.05, 3.63) is 82.1 Å². The van der Waals surface area contributed by atoms with Gasteiger partial charge in [0, 0.05) is 36.5 Å². The van der Waals surface area contributed by atoms with Crippen LogP contribution >= 0.6 is 0 Å². The molecule has 6 heteroatoms. The lowest BCUT2D eigenvalue weighted by atomic mass is 9.76. The van der Waals surface area contributed by atoms with E-state index < -0.39 is 6.10 Å². The second kappa shape index (κ2) is 8.61. The molecule has 2 aromatic carbocycles. The zero-order chi connectivity index (χ0) is 24.1. The van der Waals surface area contributed by atoms with Crippen LogP contribution in [0, 0.1) is 12.8 Å². The van der Waals surface area contributed by atoms with E-state index in [1.165, 1.54) is 12.8 Å². The molecule has 6 nitrogen and oxygen atoms in total. The van der Waals surface area contributed by atoms with Crippen molar-refractivity contribution in [2.24, 2.45) is 10.9 Å². The summed E-state index contributed by atoms with van der Waals surface area (Å²) in [6.07, 6.45) is 3.89. The van der Waals surface area contributed by atoms with Crippen LogP contribution < -0.4 is 10.1 Å². The molecule has 6 rings (SSSR count). The molecule has 1 unspecified atom stereocenters. The number of nitrogens with one attached hydrogen (secondary N) is 1. The van der Waals surface area contributed by atoms with Crippen LogP contribution in [0.25, 0.3) is 0 Å². The zero-order valence-corrected chi connectivity index (χ0v) is 20.1. The number of hydrogen-bond donors (Lipinski definition) is 1. The summed E-state index contributed by atoms with van der Waals surface area (Å²) in [7, 11) is 0. The first-order valence-electron chi connectivity index (χ1n) is 12.5. The van der Waals surface area contributed by atoms with Gasteiger partial charge in [0.15, 0.2) is 17.7 Å². The number of allylic oxidation sites excluding steroid dienone is 1. The average molecular weight is 468 g/mol. The molecule has 178 valence electrons. The van der Waals surface area contributed by atoms with Crippen LogP contribution in [0.4, 0.5) is 5.69 Å². The van der Waals surface area contributed by atoms with E-state index in [2.05, 4.69) is 17.1 Å². The Bertz CT molecular complexity index is 1340. The number of nitrogens with zero attached hydrogens (tertiary/aromatic N) is 2. The first-order valence-corrected chi connectivity index (χ1v) is 12.5. The number of carbonyl (C=O) groups excluding carboxylic acids is 2. The van der Waals surface area contributed by atoms with Crippen LogP contribution in [0.1, 0.15) is 46.0 Å². The summed E-state index contributed by atoms with van der Waals surface area (Å²) in [5.74, 6) is 1.08. The van der Waals surface area contributed by atoms with Crippen LogP contribution in [0.15, 0.2) is 70.4 Å². The summed E-state index contributed by atoms with van der Waals surface area (Å²) < 4.78 is 6.30. The van der Waals surface area contributed by atoms with Gasteiger partial charge in [0.25, 0.3) is 0 Å². The highest BCUT2D eigenvalue weighted by atomic mass is 16.5. The monoisotopic (exact) mass is 467 g/mol. The molecule has 2 aliphatic heterocycles. The van der Waals surface area contributed by atoms with Crippen molar-refractivity contribution in [1.29, 1.82) is 0 Å². The average Bonchev–Trinajstić information content (AvgIpc) is 2.85. The van der Waals surface area contributed by atoms with Crippen molar-refractivity contribution in [2.75, 3.05) is 26.2 Å². The third-order valence-electron chi connectivity index (χ3n) is 7.33. The van der Waals surface area contributed by atoms with Crippen molar-refractivity contribution in [1.82, 2.24) is 10.2 Å². The minimum atomic E-state index is -0.525. The topological polar surface area (TPSA) is 71.0 Å². The standard InChI is InChI=1S/C29H29N3O3/c1-17-9-10-23-21(14-17)31-27-24(35-23)15-22(30-11-13-32-12-5-6-18(2)16-32)25-26(27)29(34)20-8-4-3-7-19(20)28(25)33/h3-4,7-10,14-15,18,24,30H,5-6,11-13,16H2,1-2H3/t18-,24?/m1/s1. The van der Waals surface area contributed by atoms with Gasteiger partial charge in [-0.3, -0.25) is 9.59 Å². The van der Waals surface area contributed by atoms with E-state index in [0.717, 1.165) is 25.2 Å². The van der Waals surface area contributed by atoms with E-state index in [-0.39, 0.29) is 11.6 Å². The summed E-state index contributed by atoms with van der Waals surface area (Å²) in [4.78, 5) is 34.7. The molecule has 1 saturated heterocycles. The molecule has 0 saturated carbocycles. The Kier molecular flexibility index (Phi) is 5.41. The van der Waals surface area contributed by atoms with Crippen molar-refractivity contribution >= 4 is 23.0 Å². The Morgan fingerprint density at radius 2 is 1.86 bits per heavy atom. The smallest absolute Gasteiger partial charge is 0.196 e. The SMILES string of the molecule is Cc1ccc2c(c1)N=C1C3=C(C(=O)c4ccccc4C3=O)C(NCCN3CCC[C@@H](C)C3)=CC1O2. The van der Waals surface area contributed by atoms with Gasteiger partial charge in [0.05, 0.1) is 16.9 Å². The fourth-order valence-electron chi connectivity index (χ4n) is 5.61. The Balaban J connectivity index is 1.38. The first kappa shape index (κ1) is 22.0. The lowest BCUT2D eigenvalue weighted by molar-refractivity contribution is 0.0978. The Morgan fingerprint density at radius 1 is 1.09 bits per heavy atom. The third kappa shape index (κ3) is 3.82. The van der Waals surface area contributed by atoms with Gasteiger partial charge >= 0.3 is 0 Å². The largest absolute Gasteiger partial charge is 0.478 e. The number of Topliss-reactive ketones (excluding diaryl/α,β-unsaturated/α-hetero) is 2. The van der Waals surface area contributed by atoms with Crippen LogP contribution in [0.3, 0.4) is 0 Å². The second-order valence-corrected chi connectivity index (χ2v) is 10.0. The van der Waals surface area contributed by atoms with Crippen molar-refractivity contribution in [2.45, 2.75) is 32.8 Å². The molecule has 1 N–H and O–H groups in total. The lowest BCUT2D eigenvalue weighted by Gasteiger charge is -2.34. The van der Waals surface area contributed by atoms with Gasteiger partial charge in [-0.05, 0) is 56.0 Å². The number of piperidine rings is 1. The molecule has 4 aliphatic rings.